The third-order valence-corrected chi connectivity index (χ3v) is 6.39. The van der Waals surface area contributed by atoms with Crippen LogP contribution in [0, 0.1) is 10.1 Å². The Balaban J connectivity index is 1.65. The van der Waals surface area contributed by atoms with Gasteiger partial charge in [0.05, 0.1) is 28.8 Å². The third kappa shape index (κ3) is 4.76. The van der Waals surface area contributed by atoms with Gasteiger partial charge >= 0.3 is 5.00 Å². The van der Waals surface area contributed by atoms with Crippen molar-refractivity contribution in [2.24, 2.45) is 0 Å². The quantitative estimate of drug-likeness (QED) is 0.224. The second-order valence-corrected chi connectivity index (χ2v) is 8.49. The van der Waals surface area contributed by atoms with E-state index in [0.717, 1.165) is 27.1 Å². The summed E-state index contributed by atoms with van der Waals surface area (Å²) in [7, 11) is 1.59. The molecule has 4 aromatic rings. The summed E-state index contributed by atoms with van der Waals surface area (Å²) in [5.41, 5.74) is 1.59. The molecule has 8 nitrogen and oxygen atoms in total. The van der Waals surface area contributed by atoms with Crippen LogP contribution in [0.5, 0.6) is 5.75 Å². The van der Waals surface area contributed by atoms with E-state index in [2.05, 4.69) is 9.97 Å². The number of methoxy groups -OCH3 is 1. The fraction of sp³-hybridized carbons (Fsp3) is 0.0952. The van der Waals surface area contributed by atoms with E-state index in [-0.39, 0.29) is 10.9 Å². The highest BCUT2D eigenvalue weighted by atomic mass is 32.1. The van der Waals surface area contributed by atoms with Crippen molar-refractivity contribution in [3.63, 3.8) is 0 Å². The number of hydrogen-bond donors (Lipinski definition) is 0. The molecule has 0 unspecified atom stereocenters. The summed E-state index contributed by atoms with van der Waals surface area (Å²) in [4.78, 5) is 34.4. The highest BCUT2D eigenvalue weighted by Crippen LogP contribution is 2.32. The van der Waals surface area contributed by atoms with Gasteiger partial charge in [-0.2, -0.15) is 0 Å². The van der Waals surface area contributed by atoms with Crippen LogP contribution in [0.1, 0.15) is 10.4 Å². The second-order valence-electron chi connectivity index (χ2n) is 6.38. The lowest BCUT2D eigenvalue weighted by Crippen LogP contribution is -2.28. The van der Waals surface area contributed by atoms with Crippen molar-refractivity contribution < 1.29 is 14.5 Å². The predicted octanol–water partition coefficient (Wildman–Crippen LogP) is 4.92. The molecule has 0 spiro atoms. The molecule has 31 heavy (non-hydrogen) atoms. The normalized spacial score (nSPS) is 11.1. The molecule has 0 aliphatic heterocycles. The zero-order chi connectivity index (χ0) is 21.8. The lowest BCUT2D eigenvalue weighted by Gasteiger charge is -2.18. The maximum absolute atomic E-state index is 13.1. The van der Waals surface area contributed by atoms with Crippen LogP contribution in [0.3, 0.4) is 0 Å². The molecule has 1 amide bonds. The number of thiophene rings is 1. The summed E-state index contributed by atoms with van der Waals surface area (Å²) in [6, 6.07) is 12.3. The second kappa shape index (κ2) is 9.02. The first kappa shape index (κ1) is 20.6. The Labute approximate surface area is 185 Å². The Morgan fingerprint density at radius 3 is 2.84 bits per heavy atom. The standard InChI is InChI=1S/C21H16N4O4S2/c1-29-15-4-7-18-17(11-15)23-21(31-18)24(13-14-3-2-10-22-12-14)19(26)8-5-16-6-9-20(30-16)25(27)28/h2-12H,13H2,1H3/b8-5+. The number of anilines is 1. The minimum atomic E-state index is -0.450. The minimum absolute atomic E-state index is 0.0273. The Bertz CT molecular complexity index is 1270. The van der Waals surface area contributed by atoms with Gasteiger partial charge in [0.2, 0.25) is 0 Å². The zero-order valence-electron chi connectivity index (χ0n) is 16.3. The lowest BCUT2D eigenvalue weighted by molar-refractivity contribution is -0.380. The SMILES string of the molecule is COc1ccc2sc(N(Cc3cccnc3)C(=O)/C=C/c3ccc([N+](=O)[O-])s3)nc2c1. The van der Waals surface area contributed by atoms with Crippen LogP contribution >= 0.6 is 22.7 Å². The molecule has 10 heteroatoms. The maximum atomic E-state index is 13.1. The number of amides is 1. The summed E-state index contributed by atoms with van der Waals surface area (Å²) < 4.78 is 6.19. The number of carbonyl (C=O) groups is 1. The van der Waals surface area contributed by atoms with Gasteiger partial charge in [-0.25, -0.2) is 4.98 Å². The van der Waals surface area contributed by atoms with Crippen LogP contribution in [0.2, 0.25) is 0 Å². The van der Waals surface area contributed by atoms with E-state index in [9.17, 15) is 14.9 Å². The van der Waals surface area contributed by atoms with Gasteiger partial charge in [-0.1, -0.05) is 28.7 Å². The smallest absolute Gasteiger partial charge is 0.324 e. The molecule has 3 aromatic heterocycles. The number of aromatic nitrogens is 2. The first-order valence-corrected chi connectivity index (χ1v) is 10.7. The maximum Gasteiger partial charge on any atom is 0.324 e. The molecule has 0 atom stereocenters. The Morgan fingerprint density at radius 1 is 1.26 bits per heavy atom. The van der Waals surface area contributed by atoms with Crippen LogP contribution in [0.25, 0.3) is 16.3 Å². The molecule has 0 radical (unpaired) electrons. The number of ether oxygens (including phenoxy) is 1. The van der Waals surface area contributed by atoms with Gasteiger partial charge in [0.25, 0.3) is 5.91 Å². The van der Waals surface area contributed by atoms with Gasteiger partial charge < -0.3 is 4.74 Å². The van der Waals surface area contributed by atoms with Gasteiger partial charge in [-0.3, -0.25) is 24.8 Å². The number of nitrogens with zero attached hydrogens (tertiary/aromatic N) is 4. The summed E-state index contributed by atoms with van der Waals surface area (Å²) in [5.74, 6) is 0.402. The van der Waals surface area contributed by atoms with Gasteiger partial charge in [-0.05, 0) is 35.9 Å². The van der Waals surface area contributed by atoms with Crippen LogP contribution in [0.4, 0.5) is 10.1 Å². The number of benzene rings is 1. The third-order valence-electron chi connectivity index (χ3n) is 4.33. The fourth-order valence-corrected chi connectivity index (χ4v) is 4.50. The molecule has 156 valence electrons. The molecule has 1 aromatic carbocycles. The molecule has 0 N–H and O–H groups in total. The number of nitro groups is 1. The fourth-order valence-electron chi connectivity index (χ4n) is 2.82. The van der Waals surface area contributed by atoms with Crippen molar-refractivity contribution in [3.8, 4) is 5.75 Å². The van der Waals surface area contributed by atoms with Gasteiger partial charge in [0, 0.05) is 35.5 Å². The molecule has 0 saturated heterocycles. The monoisotopic (exact) mass is 452 g/mol. The van der Waals surface area contributed by atoms with Crippen molar-refractivity contribution in [1.29, 1.82) is 0 Å². The first-order chi connectivity index (χ1) is 15.0. The average molecular weight is 453 g/mol. The largest absolute Gasteiger partial charge is 0.497 e. The van der Waals surface area contributed by atoms with E-state index in [1.807, 2.05) is 30.3 Å². The van der Waals surface area contributed by atoms with E-state index in [1.54, 1.807) is 36.5 Å². The highest BCUT2D eigenvalue weighted by molar-refractivity contribution is 7.22. The Kier molecular flexibility index (Phi) is 6.01. The molecule has 0 bridgehead atoms. The number of carbonyl (C=O) groups excluding carboxylic acids is 1. The number of hydrogen-bond acceptors (Lipinski definition) is 8. The van der Waals surface area contributed by atoms with Gasteiger partial charge in [0.1, 0.15) is 5.75 Å². The first-order valence-electron chi connectivity index (χ1n) is 9.11. The number of thiazole rings is 1. The van der Waals surface area contributed by atoms with E-state index < -0.39 is 4.92 Å². The summed E-state index contributed by atoms with van der Waals surface area (Å²) >= 11 is 2.41. The lowest BCUT2D eigenvalue weighted by atomic mass is 10.2. The molecular formula is C21H16N4O4S2. The predicted molar refractivity (Wildman–Crippen MR) is 122 cm³/mol. The van der Waals surface area contributed by atoms with E-state index in [4.69, 9.17) is 4.74 Å². The van der Waals surface area contributed by atoms with E-state index >= 15 is 0 Å². The van der Waals surface area contributed by atoms with Crippen molar-refractivity contribution in [3.05, 3.63) is 81.5 Å². The molecule has 0 aliphatic carbocycles. The van der Waals surface area contributed by atoms with Crippen LogP contribution in [-0.4, -0.2) is 27.9 Å². The average Bonchev–Trinajstić information content (AvgIpc) is 3.43. The highest BCUT2D eigenvalue weighted by Gasteiger charge is 2.19. The van der Waals surface area contributed by atoms with E-state index in [0.29, 0.717) is 22.3 Å². The van der Waals surface area contributed by atoms with Crippen molar-refractivity contribution >= 4 is 55.0 Å². The van der Waals surface area contributed by atoms with Gasteiger partial charge in [-0.15, -0.1) is 0 Å². The zero-order valence-corrected chi connectivity index (χ0v) is 17.9. The topological polar surface area (TPSA) is 98.5 Å². The summed E-state index contributed by atoms with van der Waals surface area (Å²) in [6.45, 7) is 0.290. The van der Waals surface area contributed by atoms with Gasteiger partial charge in [0.15, 0.2) is 5.13 Å². The minimum Gasteiger partial charge on any atom is -0.497 e. The molecular weight excluding hydrogens is 436 g/mol. The molecule has 0 fully saturated rings. The molecule has 0 aliphatic rings. The molecule has 3 heterocycles. The van der Waals surface area contributed by atoms with Crippen molar-refractivity contribution in [2.45, 2.75) is 6.54 Å². The van der Waals surface area contributed by atoms with Crippen molar-refractivity contribution in [2.75, 3.05) is 12.0 Å². The van der Waals surface area contributed by atoms with Crippen LogP contribution in [-0.2, 0) is 11.3 Å². The summed E-state index contributed by atoms with van der Waals surface area (Å²) in [6.07, 6.45) is 6.34. The van der Waals surface area contributed by atoms with E-state index in [1.165, 1.54) is 23.5 Å². The number of rotatable bonds is 7. The Morgan fingerprint density at radius 2 is 2.13 bits per heavy atom. The molecule has 0 saturated carbocycles. The number of fused-ring (bicyclic) bond motifs is 1. The Hall–Kier alpha value is -3.63. The van der Waals surface area contributed by atoms with Crippen LogP contribution in [0.15, 0.2) is 60.9 Å². The number of pyridine rings is 1. The van der Waals surface area contributed by atoms with Crippen LogP contribution < -0.4 is 9.64 Å². The van der Waals surface area contributed by atoms with Crippen molar-refractivity contribution in [1.82, 2.24) is 9.97 Å². The summed E-state index contributed by atoms with van der Waals surface area (Å²) in [5, 5.41) is 11.4. The molecule has 4 rings (SSSR count).